The molecule has 0 saturated heterocycles. The molecule has 1 saturated carbocycles. The van der Waals surface area contributed by atoms with Crippen LogP contribution in [0.2, 0.25) is 0 Å². The van der Waals surface area contributed by atoms with Gasteiger partial charge >= 0.3 is 0 Å². The molecule has 0 unspecified atom stereocenters. The number of hydrogen-bond acceptors (Lipinski definition) is 2. The lowest BCUT2D eigenvalue weighted by Crippen LogP contribution is -2.10. The number of nitrogens with one attached hydrogen (secondary N) is 1. The Morgan fingerprint density at radius 3 is 3.14 bits per heavy atom. The minimum Gasteiger partial charge on any atom is -0.493 e. The van der Waals surface area contributed by atoms with Crippen LogP contribution < -0.4 is 10.1 Å². The molecule has 0 spiro atoms. The van der Waals surface area contributed by atoms with Gasteiger partial charge in [0.25, 0.3) is 0 Å². The summed E-state index contributed by atoms with van der Waals surface area (Å²) in [5, 5.41) is 3.34. The monoisotopic (exact) mass is 189 g/mol. The van der Waals surface area contributed by atoms with Gasteiger partial charge in [0.2, 0.25) is 0 Å². The Labute approximate surface area is 84.3 Å². The highest BCUT2D eigenvalue weighted by Gasteiger charge is 2.39. The summed E-state index contributed by atoms with van der Waals surface area (Å²) >= 11 is 0. The second kappa shape index (κ2) is 2.99. The Morgan fingerprint density at radius 1 is 1.43 bits per heavy atom. The predicted octanol–water partition coefficient (Wildman–Crippen LogP) is 1.70. The van der Waals surface area contributed by atoms with Gasteiger partial charge in [0.1, 0.15) is 5.75 Å². The molecular weight excluding hydrogens is 174 g/mol. The van der Waals surface area contributed by atoms with Gasteiger partial charge in [-0.05, 0) is 25.1 Å². The highest BCUT2D eigenvalue weighted by Crippen LogP contribution is 2.45. The van der Waals surface area contributed by atoms with Crippen LogP contribution in [0.4, 0.5) is 0 Å². The van der Waals surface area contributed by atoms with Crippen molar-refractivity contribution in [1.29, 1.82) is 0 Å². The zero-order chi connectivity index (χ0) is 9.54. The van der Waals surface area contributed by atoms with Crippen molar-refractivity contribution in [3.05, 3.63) is 29.3 Å². The summed E-state index contributed by atoms with van der Waals surface area (Å²) < 4.78 is 5.57. The van der Waals surface area contributed by atoms with Crippen LogP contribution in [-0.2, 0) is 6.42 Å². The van der Waals surface area contributed by atoms with Crippen LogP contribution >= 0.6 is 0 Å². The molecular formula is C12H15NO. The van der Waals surface area contributed by atoms with Crippen LogP contribution in [0.25, 0.3) is 0 Å². The number of hydrogen-bond donors (Lipinski definition) is 1. The maximum absolute atomic E-state index is 5.57. The molecule has 1 heterocycles. The molecule has 0 amide bonds. The summed E-state index contributed by atoms with van der Waals surface area (Å²) in [6.07, 6.45) is 2.38. The van der Waals surface area contributed by atoms with Crippen LogP contribution in [0, 0.1) is 0 Å². The molecule has 1 aromatic carbocycles. The van der Waals surface area contributed by atoms with E-state index in [1.165, 1.54) is 17.5 Å². The Bertz CT molecular complexity index is 361. The van der Waals surface area contributed by atoms with E-state index in [2.05, 4.69) is 23.5 Å². The summed E-state index contributed by atoms with van der Waals surface area (Å²) in [7, 11) is 2.05. The molecule has 3 rings (SSSR count). The molecule has 2 nitrogen and oxygen atoms in total. The maximum Gasteiger partial charge on any atom is 0.122 e. The van der Waals surface area contributed by atoms with Gasteiger partial charge in [0.15, 0.2) is 0 Å². The van der Waals surface area contributed by atoms with Crippen molar-refractivity contribution in [2.45, 2.75) is 24.8 Å². The number of fused-ring (bicyclic) bond motifs is 1. The van der Waals surface area contributed by atoms with Crippen LogP contribution in [0.15, 0.2) is 18.2 Å². The molecule has 14 heavy (non-hydrogen) atoms. The molecule has 0 aromatic heterocycles. The highest BCUT2D eigenvalue weighted by atomic mass is 16.5. The summed E-state index contributed by atoms with van der Waals surface area (Å²) in [6, 6.07) is 7.16. The summed E-state index contributed by atoms with van der Waals surface area (Å²) in [5.74, 6) is 1.85. The van der Waals surface area contributed by atoms with Gasteiger partial charge in [0, 0.05) is 23.9 Å². The zero-order valence-corrected chi connectivity index (χ0v) is 8.42. The molecule has 1 aliphatic heterocycles. The van der Waals surface area contributed by atoms with Crippen LogP contribution in [-0.4, -0.2) is 19.7 Å². The van der Waals surface area contributed by atoms with Crippen LogP contribution in [0.3, 0.4) is 0 Å². The Kier molecular flexibility index (Phi) is 1.77. The molecule has 1 aromatic rings. The van der Waals surface area contributed by atoms with E-state index in [0.29, 0.717) is 6.04 Å². The van der Waals surface area contributed by atoms with Gasteiger partial charge in [-0.15, -0.1) is 0 Å². The van der Waals surface area contributed by atoms with Crippen molar-refractivity contribution in [1.82, 2.24) is 5.32 Å². The lowest BCUT2D eigenvalue weighted by molar-refractivity contribution is 0.357. The van der Waals surface area contributed by atoms with Gasteiger partial charge < -0.3 is 10.1 Å². The van der Waals surface area contributed by atoms with Gasteiger partial charge in [-0.3, -0.25) is 0 Å². The second-order valence-electron chi connectivity index (χ2n) is 4.16. The van der Waals surface area contributed by atoms with E-state index in [9.17, 15) is 0 Å². The lowest BCUT2D eigenvalue weighted by Gasteiger charge is -2.05. The number of benzene rings is 1. The van der Waals surface area contributed by atoms with Crippen LogP contribution in [0.5, 0.6) is 5.75 Å². The molecule has 2 atom stereocenters. The summed E-state index contributed by atoms with van der Waals surface area (Å²) in [5.41, 5.74) is 2.97. The topological polar surface area (TPSA) is 21.3 Å². The molecule has 1 N–H and O–H groups in total. The number of likely N-dealkylation sites (N-methyl/N-ethyl adjacent to an activating group) is 1. The summed E-state index contributed by atoms with van der Waals surface area (Å²) in [4.78, 5) is 0. The van der Waals surface area contributed by atoms with Crippen molar-refractivity contribution < 1.29 is 4.74 Å². The first-order valence-electron chi connectivity index (χ1n) is 5.32. The van der Waals surface area contributed by atoms with Gasteiger partial charge in [0.05, 0.1) is 6.61 Å². The molecule has 1 aliphatic carbocycles. The zero-order valence-electron chi connectivity index (χ0n) is 8.42. The number of rotatable bonds is 2. The quantitative estimate of drug-likeness (QED) is 0.764. The minimum atomic E-state index is 0.696. The molecule has 2 aliphatic rings. The van der Waals surface area contributed by atoms with E-state index in [1.807, 2.05) is 7.05 Å². The Morgan fingerprint density at radius 2 is 2.36 bits per heavy atom. The first-order valence-corrected chi connectivity index (χ1v) is 5.32. The smallest absolute Gasteiger partial charge is 0.122 e. The predicted molar refractivity (Wildman–Crippen MR) is 55.8 cm³/mol. The third kappa shape index (κ3) is 1.14. The Balaban J connectivity index is 1.95. The lowest BCUT2D eigenvalue weighted by atomic mass is 10.0. The molecule has 0 bridgehead atoms. The number of ether oxygens (including phenoxy) is 1. The molecule has 0 radical (unpaired) electrons. The first-order chi connectivity index (χ1) is 6.90. The van der Waals surface area contributed by atoms with Gasteiger partial charge in [-0.25, -0.2) is 0 Å². The van der Waals surface area contributed by atoms with E-state index < -0.39 is 0 Å². The van der Waals surface area contributed by atoms with E-state index in [-0.39, 0.29) is 0 Å². The fraction of sp³-hybridized carbons (Fsp3) is 0.500. The molecule has 2 heteroatoms. The van der Waals surface area contributed by atoms with Crippen molar-refractivity contribution in [3.8, 4) is 5.75 Å². The first kappa shape index (κ1) is 8.30. The van der Waals surface area contributed by atoms with Crippen LogP contribution in [0.1, 0.15) is 23.5 Å². The Hall–Kier alpha value is -1.02. The maximum atomic E-state index is 5.57. The van der Waals surface area contributed by atoms with Gasteiger partial charge in [-0.1, -0.05) is 12.1 Å². The average molecular weight is 189 g/mol. The normalized spacial score (nSPS) is 28.4. The average Bonchev–Trinajstić information content (AvgIpc) is 2.85. The largest absolute Gasteiger partial charge is 0.493 e. The fourth-order valence-corrected chi connectivity index (χ4v) is 2.45. The SMILES string of the molecule is CN[C@@H]1C[C@@H]1c1cccc2c1CCO2. The van der Waals surface area contributed by atoms with E-state index in [4.69, 9.17) is 4.74 Å². The fourth-order valence-electron chi connectivity index (χ4n) is 2.45. The van der Waals surface area contributed by atoms with E-state index >= 15 is 0 Å². The molecule has 74 valence electrons. The minimum absolute atomic E-state index is 0.696. The second-order valence-corrected chi connectivity index (χ2v) is 4.16. The highest BCUT2D eigenvalue weighted by molar-refractivity contribution is 5.46. The summed E-state index contributed by atoms with van der Waals surface area (Å²) in [6.45, 7) is 0.864. The van der Waals surface area contributed by atoms with Crippen molar-refractivity contribution >= 4 is 0 Å². The van der Waals surface area contributed by atoms with Crippen molar-refractivity contribution in [3.63, 3.8) is 0 Å². The van der Waals surface area contributed by atoms with E-state index in [1.54, 1.807) is 0 Å². The molecule has 1 fully saturated rings. The van der Waals surface area contributed by atoms with Crippen molar-refractivity contribution in [2.75, 3.05) is 13.7 Å². The van der Waals surface area contributed by atoms with E-state index in [0.717, 1.165) is 24.7 Å². The van der Waals surface area contributed by atoms with Crippen molar-refractivity contribution in [2.24, 2.45) is 0 Å². The third-order valence-electron chi connectivity index (χ3n) is 3.34. The third-order valence-corrected chi connectivity index (χ3v) is 3.34. The standard InChI is InChI=1S/C12H15NO/c1-13-11-7-10(11)8-3-2-4-12-9(8)5-6-14-12/h2-4,10-11,13H,5-7H2,1H3/t10-,11-/m1/s1. The van der Waals surface area contributed by atoms with Gasteiger partial charge in [-0.2, -0.15) is 0 Å².